The average molecular weight is 217 g/mol. The molecule has 15 heavy (non-hydrogen) atoms. The van der Waals surface area contributed by atoms with Crippen LogP contribution in [-0.4, -0.2) is 0 Å². The number of benzene rings is 1. The highest BCUT2D eigenvalue weighted by atomic mass is 35.5. The smallest absolute Gasteiger partial charge is 0.0406 e. The van der Waals surface area contributed by atoms with E-state index >= 15 is 0 Å². The van der Waals surface area contributed by atoms with Crippen LogP contribution in [0.2, 0.25) is 5.02 Å². The van der Waals surface area contributed by atoms with Gasteiger partial charge in [0, 0.05) is 10.9 Å². The van der Waals surface area contributed by atoms with E-state index in [9.17, 15) is 0 Å². The van der Waals surface area contributed by atoms with Gasteiger partial charge in [0.2, 0.25) is 0 Å². The van der Waals surface area contributed by atoms with Gasteiger partial charge < -0.3 is 0 Å². The van der Waals surface area contributed by atoms with Gasteiger partial charge in [0.05, 0.1) is 0 Å². The summed E-state index contributed by atoms with van der Waals surface area (Å²) in [5.41, 5.74) is 5.88. The lowest BCUT2D eigenvalue weighted by Gasteiger charge is -2.16. The molecule has 0 nitrogen and oxygen atoms in total. The monoisotopic (exact) mass is 216 g/mol. The highest BCUT2D eigenvalue weighted by Crippen LogP contribution is 2.49. The number of fused-ring (bicyclic) bond motifs is 1. The van der Waals surface area contributed by atoms with E-state index in [1.54, 1.807) is 5.57 Å². The number of hydrogen-bond acceptors (Lipinski definition) is 0. The van der Waals surface area contributed by atoms with Gasteiger partial charge >= 0.3 is 0 Å². The lowest BCUT2D eigenvalue weighted by atomic mass is 9.88. The van der Waals surface area contributed by atoms with Crippen molar-refractivity contribution in [3.8, 4) is 0 Å². The molecule has 1 aromatic rings. The third-order valence-corrected chi connectivity index (χ3v) is 3.60. The maximum absolute atomic E-state index is 5.90. The number of rotatable bonds is 1. The Labute approximate surface area is 95.3 Å². The van der Waals surface area contributed by atoms with Crippen molar-refractivity contribution in [1.29, 1.82) is 0 Å². The molecule has 0 spiro atoms. The molecule has 2 aliphatic carbocycles. The van der Waals surface area contributed by atoms with Crippen LogP contribution >= 0.6 is 11.6 Å². The summed E-state index contributed by atoms with van der Waals surface area (Å²) in [6.45, 7) is 2.25. The van der Waals surface area contributed by atoms with Gasteiger partial charge in [0.1, 0.15) is 0 Å². The summed E-state index contributed by atoms with van der Waals surface area (Å²) >= 11 is 5.90. The first-order chi connectivity index (χ1) is 7.25. The summed E-state index contributed by atoms with van der Waals surface area (Å²) in [6, 6.07) is 8.21. The molecule has 0 heterocycles. The standard InChI is InChI=1S/C14H13Cl/c1-9-2-3-11-8-13(11)14(9)10-4-6-12(15)7-5-10/h4-8,11H,2-3H2,1H3. The Bertz CT molecular complexity index is 463. The molecule has 1 atom stereocenters. The Morgan fingerprint density at radius 2 is 1.93 bits per heavy atom. The first-order valence-corrected chi connectivity index (χ1v) is 5.81. The molecular weight excluding hydrogens is 204 g/mol. The summed E-state index contributed by atoms with van der Waals surface area (Å²) in [4.78, 5) is 0. The predicted molar refractivity (Wildman–Crippen MR) is 64.9 cm³/mol. The van der Waals surface area contributed by atoms with Crippen LogP contribution in [-0.2, 0) is 0 Å². The van der Waals surface area contributed by atoms with Crippen LogP contribution in [0.1, 0.15) is 25.3 Å². The zero-order chi connectivity index (χ0) is 10.4. The Morgan fingerprint density at radius 3 is 2.67 bits per heavy atom. The molecule has 1 unspecified atom stereocenters. The maximum Gasteiger partial charge on any atom is 0.0406 e. The molecule has 1 heteroatoms. The van der Waals surface area contributed by atoms with Gasteiger partial charge in [-0.05, 0) is 48.6 Å². The lowest BCUT2D eigenvalue weighted by molar-refractivity contribution is 0.740. The van der Waals surface area contributed by atoms with E-state index < -0.39 is 0 Å². The van der Waals surface area contributed by atoms with E-state index in [0.717, 1.165) is 10.9 Å². The molecule has 3 rings (SSSR count). The third-order valence-electron chi connectivity index (χ3n) is 3.35. The normalized spacial score (nSPS) is 23.6. The molecule has 0 aromatic heterocycles. The van der Waals surface area contributed by atoms with Crippen molar-refractivity contribution in [1.82, 2.24) is 0 Å². The van der Waals surface area contributed by atoms with Gasteiger partial charge in [-0.1, -0.05) is 35.4 Å². The minimum absolute atomic E-state index is 0.777. The van der Waals surface area contributed by atoms with Crippen LogP contribution in [0.4, 0.5) is 0 Å². The second-order valence-electron chi connectivity index (χ2n) is 4.43. The van der Waals surface area contributed by atoms with E-state index in [4.69, 9.17) is 11.6 Å². The average Bonchev–Trinajstić information content (AvgIpc) is 2.99. The summed E-state index contributed by atoms with van der Waals surface area (Å²) in [6.07, 6.45) is 4.95. The van der Waals surface area contributed by atoms with E-state index in [-0.39, 0.29) is 0 Å². The van der Waals surface area contributed by atoms with Gasteiger partial charge in [-0.2, -0.15) is 0 Å². The van der Waals surface area contributed by atoms with Crippen LogP contribution in [0, 0.1) is 5.92 Å². The highest BCUT2D eigenvalue weighted by Gasteiger charge is 2.32. The molecule has 0 bridgehead atoms. The van der Waals surface area contributed by atoms with Gasteiger partial charge in [0.15, 0.2) is 0 Å². The van der Waals surface area contributed by atoms with Crippen molar-refractivity contribution in [2.24, 2.45) is 5.92 Å². The van der Waals surface area contributed by atoms with Crippen LogP contribution in [0.5, 0.6) is 0 Å². The van der Waals surface area contributed by atoms with Crippen molar-refractivity contribution >= 4 is 17.2 Å². The molecule has 0 N–H and O–H groups in total. The first kappa shape index (κ1) is 9.23. The van der Waals surface area contributed by atoms with E-state index in [2.05, 4.69) is 25.1 Å². The second-order valence-corrected chi connectivity index (χ2v) is 4.87. The predicted octanol–water partition coefficient (Wildman–Crippen LogP) is 4.46. The summed E-state index contributed by atoms with van der Waals surface area (Å²) < 4.78 is 0. The highest BCUT2D eigenvalue weighted by molar-refractivity contribution is 6.30. The molecule has 0 amide bonds. The maximum atomic E-state index is 5.90. The fourth-order valence-corrected chi connectivity index (χ4v) is 2.58. The Morgan fingerprint density at radius 1 is 1.20 bits per heavy atom. The Balaban J connectivity index is 2.05. The summed E-state index contributed by atoms with van der Waals surface area (Å²) in [7, 11) is 0. The zero-order valence-electron chi connectivity index (χ0n) is 8.76. The van der Waals surface area contributed by atoms with Gasteiger partial charge in [-0.25, -0.2) is 0 Å². The lowest BCUT2D eigenvalue weighted by Crippen LogP contribution is -1.98. The van der Waals surface area contributed by atoms with Crippen molar-refractivity contribution < 1.29 is 0 Å². The van der Waals surface area contributed by atoms with Crippen LogP contribution in [0.3, 0.4) is 0 Å². The van der Waals surface area contributed by atoms with E-state index in [0.29, 0.717) is 0 Å². The SMILES string of the molecule is CC1=C(c2ccc(Cl)cc2)C2=CC2CC1. The fraction of sp³-hybridized carbons (Fsp3) is 0.286. The minimum Gasteiger partial charge on any atom is -0.0843 e. The van der Waals surface area contributed by atoms with Crippen molar-refractivity contribution in [2.75, 3.05) is 0 Å². The molecule has 0 saturated carbocycles. The molecule has 0 fully saturated rings. The number of halogens is 1. The van der Waals surface area contributed by atoms with Crippen molar-refractivity contribution in [2.45, 2.75) is 19.8 Å². The molecule has 0 aliphatic heterocycles. The second kappa shape index (κ2) is 3.24. The van der Waals surface area contributed by atoms with Crippen LogP contribution < -0.4 is 0 Å². The quantitative estimate of drug-likeness (QED) is 0.650. The minimum atomic E-state index is 0.777. The first-order valence-electron chi connectivity index (χ1n) is 5.43. The largest absolute Gasteiger partial charge is 0.0843 e. The van der Waals surface area contributed by atoms with Crippen LogP contribution in [0.15, 0.2) is 41.5 Å². The molecule has 0 radical (unpaired) electrons. The van der Waals surface area contributed by atoms with Gasteiger partial charge in [-0.15, -0.1) is 0 Å². The molecule has 76 valence electrons. The summed E-state index contributed by atoms with van der Waals surface area (Å²) in [5, 5.41) is 0.814. The van der Waals surface area contributed by atoms with Crippen molar-refractivity contribution in [3.63, 3.8) is 0 Å². The zero-order valence-corrected chi connectivity index (χ0v) is 9.51. The fourth-order valence-electron chi connectivity index (χ4n) is 2.45. The molecule has 2 aliphatic rings. The van der Waals surface area contributed by atoms with E-state index in [1.165, 1.54) is 29.6 Å². The van der Waals surface area contributed by atoms with Crippen LogP contribution in [0.25, 0.3) is 5.57 Å². The summed E-state index contributed by atoms with van der Waals surface area (Å²) in [5.74, 6) is 0.777. The van der Waals surface area contributed by atoms with E-state index in [1.807, 2.05) is 12.1 Å². The number of allylic oxidation sites excluding steroid dienone is 4. The Hall–Kier alpha value is -1.01. The molecule has 0 saturated heterocycles. The molecular formula is C14H13Cl. The van der Waals surface area contributed by atoms with Gasteiger partial charge in [0.25, 0.3) is 0 Å². The number of hydrogen-bond donors (Lipinski definition) is 0. The van der Waals surface area contributed by atoms with Gasteiger partial charge in [-0.3, -0.25) is 0 Å². The molecule has 1 aromatic carbocycles. The Kier molecular flexibility index (Phi) is 2.00. The topological polar surface area (TPSA) is 0 Å². The third kappa shape index (κ3) is 1.53. The van der Waals surface area contributed by atoms with Crippen molar-refractivity contribution in [3.05, 3.63) is 52.1 Å².